The number of hydrogen-bond acceptors (Lipinski definition) is 6. The Hall–Kier alpha value is -7.84. The maximum absolute atomic E-state index is 14.9. The first-order chi connectivity index (χ1) is 39.7. The van der Waals surface area contributed by atoms with Gasteiger partial charge in [-0.15, -0.1) is 0 Å². The molecule has 0 bridgehead atoms. The number of fused-ring (bicyclic) bond motifs is 10. The summed E-state index contributed by atoms with van der Waals surface area (Å²) in [5, 5.41) is 37.5. The second-order valence-corrected chi connectivity index (χ2v) is 23.8. The Kier molecular flexibility index (Phi) is 17.3. The van der Waals surface area contributed by atoms with Gasteiger partial charge in [-0.05, 0) is 161 Å². The standard InChI is InChI=1S/C74H82N4O4/c1-11-15-23-51(13-3)43-77-67-33-31-53(39-59(67)61-41-63(55-25-17-19-27-57(55)71(61)77)73(79)69-47(7)35-45(5)36-48(69)8)65(75-81)29-21-22-30-66(76-82)54-32-34-68-60(40-54)62-42-64(74(80)70-49(9)37-46(6)38-50(70)10)56-26-18-20-28-58(56)72(62)78(68)44-52(14-4)24-16-12-2/h17-20,25-28,31-42,51-52,81-82H,11-16,21-24,29-30,43-44H2,1-10H3/b75-65+,76-66+. The zero-order valence-electron chi connectivity index (χ0n) is 50.1. The molecule has 8 nitrogen and oxygen atoms in total. The summed E-state index contributed by atoms with van der Waals surface area (Å²) in [5.41, 5.74) is 16.3. The molecule has 2 atom stereocenters. The van der Waals surface area contributed by atoms with Gasteiger partial charge >= 0.3 is 0 Å². The van der Waals surface area contributed by atoms with Crippen LogP contribution in [0.5, 0.6) is 0 Å². The van der Waals surface area contributed by atoms with Crippen LogP contribution >= 0.6 is 0 Å². The summed E-state index contributed by atoms with van der Waals surface area (Å²) >= 11 is 0. The van der Waals surface area contributed by atoms with Crippen LogP contribution in [-0.2, 0) is 13.1 Å². The van der Waals surface area contributed by atoms with Gasteiger partial charge in [-0.2, -0.15) is 0 Å². The van der Waals surface area contributed by atoms with Crippen LogP contribution in [0.15, 0.2) is 132 Å². The van der Waals surface area contributed by atoms with Crippen molar-refractivity contribution in [3.8, 4) is 0 Å². The van der Waals surface area contributed by atoms with Crippen molar-refractivity contribution in [1.82, 2.24) is 9.13 Å². The number of unbranched alkanes of at least 4 members (excludes halogenated alkanes) is 3. The van der Waals surface area contributed by atoms with Gasteiger partial charge in [0.1, 0.15) is 0 Å². The van der Waals surface area contributed by atoms with Gasteiger partial charge in [0.05, 0.1) is 22.5 Å². The predicted molar refractivity (Wildman–Crippen MR) is 344 cm³/mol. The molecule has 0 saturated carbocycles. The molecule has 10 aromatic rings. The number of hydrogen-bond donors (Lipinski definition) is 2. The largest absolute Gasteiger partial charge is 0.411 e. The Bertz CT molecular complexity index is 3840. The highest BCUT2D eigenvalue weighted by Gasteiger charge is 2.27. The van der Waals surface area contributed by atoms with Gasteiger partial charge < -0.3 is 19.5 Å². The van der Waals surface area contributed by atoms with Crippen LogP contribution in [0.2, 0.25) is 0 Å². The van der Waals surface area contributed by atoms with Gasteiger partial charge in [0, 0.05) is 89.8 Å². The molecule has 0 aliphatic carbocycles. The van der Waals surface area contributed by atoms with Crippen molar-refractivity contribution < 1.29 is 20.0 Å². The SMILES string of the molecule is CCCCC(CC)Cn1c2ccc(/C(CCCC/C(=N\O)c3ccc4c(c3)c3cc(C(=O)c5c(C)cc(C)cc5C)c5ccccc5c3n4CC(CC)CCCC)=N/O)cc2c2cc(C(=O)c3c(C)cc(C)cc3C)c3ccccc3c21. The molecule has 8 aromatic carbocycles. The van der Waals surface area contributed by atoms with Crippen LogP contribution in [0.3, 0.4) is 0 Å². The quantitative estimate of drug-likeness (QED) is 0.0219. The third kappa shape index (κ3) is 10.9. The third-order valence-corrected chi connectivity index (χ3v) is 18.0. The number of oxime groups is 2. The summed E-state index contributed by atoms with van der Waals surface area (Å²) in [4.78, 5) is 29.8. The van der Waals surface area contributed by atoms with Crippen molar-refractivity contribution in [3.05, 3.63) is 188 Å². The van der Waals surface area contributed by atoms with Crippen LogP contribution in [-0.4, -0.2) is 42.5 Å². The van der Waals surface area contributed by atoms with Gasteiger partial charge in [-0.1, -0.05) is 173 Å². The van der Waals surface area contributed by atoms with Gasteiger partial charge in [-0.3, -0.25) is 9.59 Å². The Balaban J connectivity index is 0.986. The molecule has 82 heavy (non-hydrogen) atoms. The Morgan fingerprint density at radius 3 is 1.15 bits per heavy atom. The minimum absolute atomic E-state index is 0.0239. The van der Waals surface area contributed by atoms with Gasteiger partial charge in [0.2, 0.25) is 0 Å². The highest BCUT2D eigenvalue weighted by atomic mass is 16.4. The summed E-state index contributed by atoms with van der Waals surface area (Å²) in [6, 6.07) is 42.2. The maximum atomic E-state index is 14.9. The van der Waals surface area contributed by atoms with Crippen LogP contribution < -0.4 is 0 Å². The second-order valence-electron chi connectivity index (χ2n) is 23.8. The number of aryl methyl sites for hydroxylation is 6. The van der Waals surface area contributed by atoms with E-state index < -0.39 is 0 Å². The fourth-order valence-electron chi connectivity index (χ4n) is 13.8. The van der Waals surface area contributed by atoms with E-state index in [2.05, 4.69) is 170 Å². The molecule has 0 aliphatic heterocycles. The molecule has 8 heteroatoms. The predicted octanol–water partition coefficient (Wildman–Crippen LogP) is 19.6. The summed E-state index contributed by atoms with van der Waals surface area (Å²) in [6.07, 6.45) is 11.4. The third-order valence-electron chi connectivity index (χ3n) is 18.0. The second kappa shape index (κ2) is 24.7. The number of ketones is 2. The number of benzene rings is 8. The van der Waals surface area contributed by atoms with E-state index in [9.17, 15) is 20.0 Å². The highest BCUT2D eigenvalue weighted by molar-refractivity contribution is 6.28. The lowest BCUT2D eigenvalue weighted by atomic mass is 9.89. The van der Waals surface area contributed by atoms with Crippen LogP contribution in [0, 0.1) is 53.4 Å². The lowest BCUT2D eigenvalue weighted by Crippen LogP contribution is -2.11. The molecule has 0 saturated heterocycles. The molecule has 2 unspecified atom stereocenters. The van der Waals surface area contributed by atoms with Crippen LogP contribution in [0.1, 0.15) is 181 Å². The highest BCUT2D eigenvalue weighted by Crippen LogP contribution is 2.42. The molecule has 2 heterocycles. The van der Waals surface area contributed by atoms with Gasteiger partial charge in [0.25, 0.3) is 0 Å². The Morgan fingerprint density at radius 1 is 0.439 bits per heavy atom. The van der Waals surface area contributed by atoms with Gasteiger partial charge in [0.15, 0.2) is 11.6 Å². The molecule has 2 aromatic heterocycles. The van der Waals surface area contributed by atoms with Gasteiger partial charge in [-0.25, -0.2) is 0 Å². The van der Waals surface area contributed by atoms with E-state index >= 15 is 0 Å². The van der Waals surface area contributed by atoms with E-state index in [0.29, 0.717) is 60.1 Å². The smallest absolute Gasteiger partial charge is 0.194 e. The number of rotatable bonds is 23. The van der Waals surface area contributed by atoms with E-state index in [0.717, 1.165) is 172 Å². The van der Waals surface area contributed by atoms with Crippen molar-refractivity contribution in [2.45, 2.75) is 159 Å². The van der Waals surface area contributed by atoms with E-state index in [1.807, 2.05) is 39.8 Å². The molecular formula is C74H82N4O4. The average Bonchev–Trinajstić information content (AvgIpc) is 2.39. The molecule has 0 amide bonds. The van der Waals surface area contributed by atoms with Crippen LogP contribution in [0.4, 0.5) is 0 Å². The monoisotopic (exact) mass is 1090 g/mol. The zero-order valence-corrected chi connectivity index (χ0v) is 50.1. The molecule has 422 valence electrons. The first-order valence-electron chi connectivity index (χ1n) is 30.4. The number of aromatic nitrogens is 2. The topological polar surface area (TPSA) is 109 Å². The van der Waals surface area contributed by atoms with Crippen molar-refractivity contribution in [2.75, 3.05) is 0 Å². The van der Waals surface area contributed by atoms with E-state index in [1.165, 1.54) is 12.8 Å². The summed E-state index contributed by atoms with van der Waals surface area (Å²) < 4.78 is 4.97. The summed E-state index contributed by atoms with van der Waals surface area (Å²) in [5.74, 6) is 1.01. The molecule has 0 aliphatic rings. The molecule has 2 N–H and O–H groups in total. The molecular weight excluding hydrogens is 1010 g/mol. The molecule has 0 spiro atoms. The first-order valence-corrected chi connectivity index (χ1v) is 30.4. The zero-order chi connectivity index (χ0) is 57.9. The minimum atomic E-state index is 0.0239. The van der Waals surface area contributed by atoms with Crippen LogP contribution in [0.25, 0.3) is 65.2 Å². The normalized spacial score (nSPS) is 13.2. The fourth-order valence-corrected chi connectivity index (χ4v) is 13.8. The first kappa shape index (κ1) is 57.4. The molecule has 10 rings (SSSR count). The number of carbonyl (C=O) groups is 2. The van der Waals surface area contributed by atoms with Crippen molar-refractivity contribution >= 4 is 88.1 Å². The molecule has 0 fully saturated rings. The Morgan fingerprint density at radius 2 is 0.805 bits per heavy atom. The van der Waals surface area contributed by atoms with E-state index in [1.54, 1.807) is 0 Å². The van der Waals surface area contributed by atoms with Crippen molar-refractivity contribution in [2.24, 2.45) is 22.1 Å². The summed E-state index contributed by atoms with van der Waals surface area (Å²) in [6.45, 7) is 23.1. The number of carbonyl (C=O) groups excluding carboxylic acids is 2. The minimum Gasteiger partial charge on any atom is -0.411 e. The lowest BCUT2D eigenvalue weighted by Gasteiger charge is -2.19. The fraction of sp³-hybridized carbons (Fsp3) is 0.351. The lowest BCUT2D eigenvalue weighted by molar-refractivity contribution is 0.103. The number of nitrogens with zero attached hydrogens (tertiary/aromatic N) is 4. The Labute approximate surface area is 484 Å². The van der Waals surface area contributed by atoms with Crippen molar-refractivity contribution in [3.63, 3.8) is 0 Å². The maximum Gasteiger partial charge on any atom is 0.194 e. The molecule has 0 radical (unpaired) electrons. The van der Waals surface area contributed by atoms with E-state index in [4.69, 9.17) is 0 Å². The van der Waals surface area contributed by atoms with Crippen molar-refractivity contribution in [1.29, 1.82) is 0 Å². The van der Waals surface area contributed by atoms with E-state index in [-0.39, 0.29) is 11.6 Å². The average molecular weight is 1090 g/mol. The summed E-state index contributed by atoms with van der Waals surface area (Å²) in [7, 11) is 0.